The Balaban J connectivity index is 2.06. The zero-order valence-electron chi connectivity index (χ0n) is 14.7. The van der Waals surface area contributed by atoms with E-state index in [1.165, 1.54) is 7.11 Å². The van der Waals surface area contributed by atoms with Crippen LogP contribution >= 0.6 is 0 Å². The van der Waals surface area contributed by atoms with Crippen LogP contribution in [0.5, 0.6) is 5.88 Å². The lowest BCUT2D eigenvalue weighted by atomic mass is 10.0. The van der Waals surface area contributed by atoms with E-state index in [1.54, 1.807) is 0 Å². The van der Waals surface area contributed by atoms with E-state index in [0.29, 0.717) is 19.1 Å². The third-order valence-corrected chi connectivity index (χ3v) is 4.05. The lowest BCUT2D eigenvalue weighted by molar-refractivity contribution is 0.0583. The molecular weight excluding hydrogens is 310 g/mol. The van der Waals surface area contributed by atoms with Gasteiger partial charge in [0.05, 0.1) is 25.5 Å². The van der Waals surface area contributed by atoms with Gasteiger partial charge < -0.3 is 19.5 Å². The van der Waals surface area contributed by atoms with Gasteiger partial charge >= 0.3 is 5.97 Å². The van der Waals surface area contributed by atoms with E-state index < -0.39 is 5.97 Å². The van der Waals surface area contributed by atoms with E-state index in [1.807, 2.05) is 20.0 Å². The van der Waals surface area contributed by atoms with Crippen molar-refractivity contribution in [1.82, 2.24) is 15.3 Å². The number of nitrogens with one attached hydrogen (secondary N) is 1. The molecule has 1 aromatic rings. The minimum atomic E-state index is -0.553. The molecule has 0 aliphatic carbocycles. The van der Waals surface area contributed by atoms with Crippen LogP contribution in [0.4, 0.5) is 0 Å². The molecule has 0 bridgehead atoms. The van der Waals surface area contributed by atoms with Crippen LogP contribution in [0.1, 0.15) is 54.8 Å². The van der Waals surface area contributed by atoms with Crippen LogP contribution in [0.2, 0.25) is 0 Å². The highest BCUT2D eigenvalue weighted by molar-refractivity contribution is 5.85. The van der Waals surface area contributed by atoms with Crippen molar-refractivity contribution < 1.29 is 19.0 Å². The molecule has 0 radical (unpaired) electrons. The Morgan fingerprint density at radius 2 is 2.29 bits per heavy atom. The summed E-state index contributed by atoms with van der Waals surface area (Å²) in [6, 6.07) is 1.82. The highest BCUT2D eigenvalue weighted by Gasteiger charge is 2.23. The SMILES string of the molecule is CNCCCC[C@H](C)Oc1cc([C@@H]2CCOC2)nc(C(=O)OC)n1. The van der Waals surface area contributed by atoms with Crippen LogP contribution in [-0.2, 0) is 9.47 Å². The van der Waals surface area contributed by atoms with E-state index >= 15 is 0 Å². The van der Waals surface area contributed by atoms with Crippen molar-refractivity contribution in [2.75, 3.05) is 33.9 Å². The lowest BCUT2D eigenvalue weighted by Gasteiger charge is -2.16. The van der Waals surface area contributed by atoms with Crippen LogP contribution in [0.15, 0.2) is 6.07 Å². The fourth-order valence-corrected chi connectivity index (χ4v) is 2.66. The molecule has 2 atom stereocenters. The predicted octanol–water partition coefficient (Wildman–Crippen LogP) is 1.92. The zero-order chi connectivity index (χ0) is 17.4. The molecule has 1 aliphatic rings. The molecule has 0 spiro atoms. The highest BCUT2D eigenvalue weighted by Crippen LogP contribution is 2.26. The molecule has 0 unspecified atom stereocenters. The standard InChI is InChI=1S/C17H27N3O4/c1-12(6-4-5-8-18-2)24-15-10-14(13-7-9-23-11-13)19-16(20-15)17(21)22-3/h10,12-13,18H,4-9,11H2,1-3H3/t12-,13+/m0/s1. The van der Waals surface area contributed by atoms with Crippen LogP contribution in [0.25, 0.3) is 0 Å². The molecule has 24 heavy (non-hydrogen) atoms. The summed E-state index contributed by atoms with van der Waals surface area (Å²) in [7, 11) is 3.27. The van der Waals surface area contributed by atoms with E-state index in [-0.39, 0.29) is 17.8 Å². The maximum absolute atomic E-state index is 11.8. The first kappa shape index (κ1) is 18.6. The maximum Gasteiger partial charge on any atom is 0.376 e. The van der Waals surface area contributed by atoms with Crippen LogP contribution in [-0.4, -0.2) is 56.0 Å². The largest absolute Gasteiger partial charge is 0.475 e. The van der Waals surface area contributed by atoms with Crippen LogP contribution in [0, 0.1) is 0 Å². The van der Waals surface area contributed by atoms with Crippen molar-refractivity contribution in [1.29, 1.82) is 0 Å². The number of methoxy groups -OCH3 is 1. The van der Waals surface area contributed by atoms with E-state index in [9.17, 15) is 4.79 Å². The summed E-state index contributed by atoms with van der Waals surface area (Å²) in [5.41, 5.74) is 0.778. The third kappa shape index (κ3) is 5.42. The van der Waals surface area contributed by atoms with Gasteiger partial charge in [-0.1, -0.05) is 0 Å². The van der Waals surface area contributed by atoms with Gasteiger partial charge in [0.2, 0.25) is 11.7 Å². The minimum absolute atomic E-state index is 0.0231. The van der Waals surface area contributed by atoms with Gasteiger partial charge in [-0.05, 0) is 46.2 Å². The summed E-state index contributed by atoms with van der Waals surface area (Å²) in [6.07, 6.45) is 4.01. The Morgan fingerprint density at radius 1 is 1.46 bits per heavy atom. The molecule has 2 rings (SSSR count). The Morgan fingerprint density at radius 3 is 2.96 bits per heavy atom. The monoisotopic (exact) mass is 337 g/mol. The van der Waals surface area contributed by atoms with E-state index in [2.05, 4.69) is 15.3 Å². The maximum atomic E-state index is 11.8. The summed E-state index contributed by atoms with van der Waals surface area (Å²) in [5.74, 6) is 0.0830. The number of ether oxygens (including phenoxy) is 3. The van der Waals surface area contributed by atoms with Crippen molar-refractivity contribution in [3.8, 4) is 5.88 Å². The number of carbonyl (C=O) groups is 1. The zero-order valence-corrected chi connectivity index (χ0v) is 14.7. The van der Waals surface area contributed by atoms with Crippen LogP contribution in [0.3, 0.4) is 0 Å². The summed E-state index contributed by atoms with van der Waals surface area (Å²) >= 11 is 0. The Labute approximate surface area is 143 Å². The van der Waals surface area contributed by atoms with Crippen LogP contribution < -0.4 is 10.1 Å². The lowest BCUT2D eigenvalue weighted by Crippen LogP contribution is -2.17. The molecule has 134 valence electrons. The Bertz CT molecular complexity index is 533. The number of aromatic nitrogens is 2. The molecule has 1 aromatic heterocycles. The minimum Gasteiger partial charge on any atom is -0.475 e. The second-order valence-corrected chi connectivity index (χ2v) is 6.03. The topological polar surface area (TPSA) is 82.6 Å². The third-order valence-electron chi connectivity index (χ3n) is 4.05. The van der Waals surface area contributed by atoms with E-state index in [4.69, 9.17) is 14.2 Å². The number of carbonyl (C=O) groups excluding carboxylic acids is 1. The Kier molecular flexibility index (Phi) is 7.39. The van der Waals surface area contributed by atoms with Gasteiger partial charge in [0.25, 0.3) is 0 Å². The summed E-state index contributed by atoms with van der Waals surface area (Å²) in [4.78, 5) is 20.3. The number of rotatable bonds is 9. The van der Waals surface area contributed by atoms with E-state index in [0.717, 1.165) is 37.9 Å². The summed E-state index contributed by atoms with van der Waals surface area (Å²) in [6.45, 7) is 4.33. The first-order valence-electron chi connectivity index (χ1n) is 8.50. The first-order chi connectivity index (χ1) is 11.6. The first-order valence-corrected chi connectivity index (χ1v) is 8.50. The second kappa shape index (κ2) is 9.54. The quantitative estimate of drug-likeness (QED) is 0.544. The highest BCUT2D eigenvalue weighted by atomic mass is 16.5. The molecule has 2 heterocycles. The molecule has 0 saturated carbocycles. The summed E-state index contributed by atoms with van der Waals surface area (Å²) < 4.78 is 16.1. The van der Waals surface area contributed by atoms with Crippen molar-refractivity contribution in [2.24, 2.45) is 0 Å². The number of hydrogen-bond acceptors (Lipinski definition) is 7. The van der Waals surface area contributed by atoms with Crippen molar-refractivity contribution in [3.05, 3.63) is 17.6 Å². The summed E-state index contributed by atoms with van der Waals surface area (Å²) in [5, 5.41) is 3.13. The molecule has 1 aliphatic heterocycles. The normalized spacial score (nSPS) is 18.4. The molecule has 1 saturated heterocycles. The van der Waals surface area contributed by atoms with Gasteiger partial charge in [0.15, 0.2) is 0 Å². The average Bonchev–Trinajstić information content (AvgIpc) is 3.12. The van der Waals surface area contributed by atoms with Gasteiger partial charge in [0.1, 0.15) is 0 Å². The molecule has 1 N–H and O–H groups in total. The molecular formula is C17H27N3O4. The molecule has 7 heteroatoms. The number of nitrogens with zero attached hydrogens (tertiary/aromatic N) is 2. The number of unbranched alkanes of at least 4 members (excludes halogenated alkanes) is 1. The van der Waals surface area contributed by atoms with Crippen molar-refractivity contribution in [2.45, 2.75) is 44.6 Å². The fraction of sp³-hybridized carbons (Fsp3) is 0.706. The number of esters is 1. The molecule has 0 aromatic carbocycles. The fourth-order valence-electron chi connectivity index (χ4n) is 2.66. The van der Waals surface area contributed by atoms with Gasteiger partial charge in [-0.25, -0.2) is 9.78 Å². The van der Waals surface area contributed by atoms with Crippen molar-refractivity contribution >= 4 is 5.97 Å². The van der Waals surface area contributed by atoms with Gasteiger partial charge in [-0.3, -0.25) is 0 Å². The van der Waals surface area contributed by atoms with Gasteiger partial charge in [-0.15, -0.1) is 0 Å². The Hall–Kier alpha value is -1.73. The molecule has 7 nitrogen and oxygen atoms in total. The van der Waals surface area contributed by atoms with Gasteiger partial charge in [0, 0.05) is 18.6 Å². The second-order valence-electron chi connectivity index (χ2n) is 6.03. The van der Waals surface area contributed by atoms with Crippen molar-refractivity contribution in [3.63, 3.8) is 0 Å². The van der Waals surface area contributed by atoms with Gasteiger partial charge in [-0.2, -0.15) is 4.98 Å². The molecule has 1 fully saturated rings. The average molecular weight is 337 g/mol. The molecule has 0 amide bonds. The number of hydrogen-bond donors (Lipinski definition) is 1. The predicted molar refractivity (Wildman–Crippen MR) is 89.4 cm³/mol. The smallest absolute Gasteiger partial charge is 0.376 e.